The fourth-order valence-electron chi connectivity index (χ4n) is 2.50. The molecule has 1 aromatic carbocycles. The molecule has 98 valence electrons. The fourth-order valence-corrected chi connectivity index (χ4v) is 2.50. The van der Waals surface area contributed by atoms with Crippen LogP contribution < -0.4 is 5.73 Å². The van der Waals surface area contributed by atoms with Crippen molar-refractivity contribution in [1.29, 1.82) is 0 Å². The third-order valence-electron chi connectivity index (χ3n) is 3.52. The van der Waals surface area contributed by atoms with Gasteiger partial charge in [-0.25, -0.2) is 0 Å². The molecule has 0 saturated carbocycles. The van der Waals surface area contributed by atoms with Crippen LogP contribution in [0.2, 0.25) is 0 Å². The molecule has 1 aliphatic rings. The number of nitrogen functional groups attached to an aromatic ring is 1. The lowest BCUT2D eigenvalue weighted by Gasteiger charge is -2.20. The van der Waals surface area contributed by atoms with E-state index in [0.29, 0.717) is 17.6 Å². The number of nitro groups is 1. The Morgan fingerprint density at radius 3 is 2.78 bits per heavy atom. The van der Waals surface area contributed by atoms with Crippen LogP contribution in [-0.2, 0) is 6.54 Å². The van der Waals surface area contributed by atoms with Crippen LogP contribution in [0.3, 0.4) is 0 Å². The van der Waals surface area contributed by atoms with E-state index in [1.165, 1.54) is 6.07 Å². The summed E-state index contributed by atoms with van der Waals surface area (Å²) in [6, 6.07) is 5.02. The molecule has 0 atom stereocenters. The van der Waals surface area contributed by atoms with Crippen LogP contribution in [0.4, 0.5) is 11.4 Å². The zero-order chi connectivity index (χ0) is 13.3. The Hall–Kier alpha value is -1.62. The van der Waals surface area contributed by atoms with Gasteiger partial charge < -0.3 is 5.73 Å². The van der Waals surface area contributed by atoms with E-state index in [1.807, 2.05) is 6.07 Å². The number of hydrogen-bond donors (Lipinski definition) is 1. The SMILES string of the molecule is CC1(C)CCN(Cc2cccc([N+](=O)[O-])c2N)C1. The van der Waals surface area contributed by atoms with Gasteiger partial charge >= 0.3 is 0 Å². The fraction of sp³-hybridized carbons (Fsp3) is 0.538. The molecule has 0 aromatic heterocycles. The molecule has 5 nitrogen and oxygen atoms in total. The van der Waals surface area contributed by atoms with E-state index < -0.39 is 4.92 Å². The molecule has 0 aliphatic carbocycles. The molecule has 0 radical (unpaired) electrons. The zero-order valence-corrected chi connectivity index (χ0v) is 10.8. The van der Waals surface area contributed by atoms with Crippen LogP contribution in [0.15, 0.2) is 18.2 Å². The van der Waals surface area contributed by atoms with Gasteiger partial charge in [0.25, 0.3) is 5.69 Å². The predicted molar refractivity (Wildman–Crippen MR) is 71.2 cm³/mol. The van der Waals surface area contributed by atoms with Gasteiger partial charge in [0.05, 0.1) is 4.92 Å². The number of nitro benzene ring substituents is 1. The van der Waals surface area contributed by atoms with Crippen molar-refractivity contribution in [3.8, 4) is 0 Å². The van der Waals surface area contributed by atoms with Crippen molar-refractivity contribution in [3.05, 3.63) is 33.9 Å². The molecule has 2 N–H and O–H groups in total. The number of para-hydroxylation sites is 1. The normalized spacial score (nSPS) is 19.0. The number of benzene rings is 1. The maximum atomic E-state index is 10.8. The number of hydrogen-bond acceptors (Lipinski definition) is 4. The van der Waals surface area contributed by atoms with Crippen molar-refractivity contribution in [1.82, 2.24) is 4.90 Å². The van der Waals surface area contributed by atoms with Crippen LogP contribution in [0.25, 0.3) is 0 Å². The molecular weight excluding hydrogens is 230 g/mol. The van der Waals surface area contributed by atoms with Gasteiger partial charge in [-0.3, -0.25) is 15.0 Å². The van der Waals surface area contributed by atoms with E-state index in [0.717, 1.165) is 25.1 Å². The molecule has 0 amide bonds. The van der Waals surface area contributed by atoms with Crippen molar-refractivity contribution in [2.75, 3.05) is 18.8 Å². The number of nitrogens with two attached hydrogens (primary N) is 1. The first-order chi connectivity index (χ1) is 8.39. The predicted octanol–water partition coefficient (Wildman–Crippen LogP) is 2.41. The second-order valence-electron chi connectivity index (χ2n) is 5.73. The van der Waals surface area contributed by atoms with Gasteiger partial charge in [0.2, 0.25) is 0 Å². The van der Waals surface area contributed by atoms with Gasteiger partial charge in [-0.05, 0) is 23.9 Å². The van der Waals surface area contributed by atoms with Gasteiger partial charge in [-0.1, -0.05) is 26.0 Å². The summed E-state index contributed by atoms with van der Waals surface area (Å²) in [6.07, 6.45) is 1.15. The highest BCUT2D eigenvalue weighted by Crippen LogP contribution is 2.32. The molecule has 1 aliphatic heterocycles. The summed E-state index contributed by atoms with van der Waals surface area (Å²) >= 11 is 0. The van der Waals surface area contributed by atoms with Gasteiger partial charge in [0, 0.05) is 19.2 Å². The van der Waals surface area contributed by atoms with Crippen LogP contribution in [-0.4, -0.2) is 22.9 Å². The number of likely N-dealkylation sites (tertiary alicyclic amines) is 1. The lowest BCUT2D eigenvalue weighted by Crippen LogP contribution is -2.23. The molecule has 1 fully saturated rings. The first-order valence-electron chi connectivity index (χ1n) is 6.13. The van der Waals surface area contributed by atoms with Crippen LogP contribution in [0, 0.1) is 15.5 Å². The van der Waals surface area contributed by atoms with E-state index >= 15 is 0 Å². The third kappa shape index (κ3) is 2.61. The molecule has 5 heteroatoms. The summed E-state index contributed by atoms with van der Waals surface area (Å²) in [4.78, 5) is 12.7. The van der Waals surface area contributed by atoms with Crippen LogP contribution in [0.5, 0.6) is 0 Å². The summed E-state index contributed by atoms with van der Waals surface area (Å²) in [5.41, 5.74) is 7.34. The van der Waals surface area contributed by atoms with Crippen molar-refractivity contribution < 1.29 is 4.92 Å². The van der Waals surface area contributed by atoms with Crippen LogP contribution >= 0.6 is 0 Å². The van der Waals surface area contributed by atoms with E-state index in [-0.39, 0.29) is 5.69 Å². The van der Waals surface area contributed by atoms with Crippen molar-refractivity contribution in [2.24, 2.45) is 5.41 Å². The minimum atomic E-state index is -0.424. The standard InChI is InChI=1S/C13H19N3O2/c1-13(2)6-7-15(9-13)8-10-4-3-5-11(12(10)14)16(17)18/h3-5H,6-9,14H2,1-2H3. The smallest absolute Gasteiger partial charge is 0.292 e. The Morgan fingerprint density at radius 1 is 1.50 bits per heavy atom. The van der Waals surface area contributed by atoms with Gasteiger partial charge in [-0.15, -0.1) is 0 Å². The number of rotatable bonds is 3. The summed E-state index contributed by atoms with van der Waals surface area (Å²) < 4.78 is 0. The highest BCUT2D eigenvalue weighted by Gasteiger charge is 2.29. The monoisotopic (exact) mass is 249 g/mol. The minimum Gasteiger partial charge on any atom is -0.393 e. The maximum absolute atomic E-state index is 10.8. The average molecular weight is 249 g/mol. The molecule has 18 heavy (non-hydrogen) atoms. The Kier molecular flexibility index (Phi) is 3.26. The summed E-state index contributed by atoms with van der Waals surface area (Å²) in [5, 5.41) is 10.8. The van der Waals surface area contributed by atoms with Crippen LogP contribution in [0.1, 0.15) is 25.8 Å². The second-order valence-corrected chi connectivity index (χ2v) is 5.73. The largest absolute Gasteiger partial charge is 0.393 e. The van der Waals surface area contributed by atoms with E-state index in [2.05, 4.69) is 18.7 Å². The number of nitrogens with zero attached hydrogens (tertiary/aromatic N) is 2. The Balaban J connectivity index is 2.15. The second kappa shape index (κ2) is 4.57. The minimum absolute atomic E-state index is 0.00552. The molecule has 2 rings (SSSR count). The summed E-state index contributed by atoms with van der Waals surface area (Å²) in [5.74, 6) is 0. The zero-order valence-electron chi connectivity index (χ0n) is 10.8. The first kappa shape index (κ1) is 12.8. The molecule has 0 spiro atoms. The van der Waals surface area contributed by atoms with Gasteiger partial charge in [0.15, 0.2) is 0 Å². The van der Waals surface area contributed by atoms with Gasteiger partial charge in [0.1, 0.15) is 5.69 Å². The summed E-state index contributed by atoms with van der Waals surface area (Å²) in [6.45, 7) is 7.20. The molecule has 1 heterocycles. The highest BCUT2D eigenvalue weighted by atomic mass is 16.6. The number of anilines is 1. The van der Waals surface area contributed by atoms with Gasteiger partial charge in [-0.2, -0.15) is 0 Å². The molecule has 0 bridgehead atoms. The van der Waals surface area contributed by atoms with Crippen molar-refractivity contribution in [3.63, 3.8) is 0 Å². The highest BCUT2D eigenvalue weighted by molar-refractivity contribution is 5.62. The molecular formula is C13H19N3O2. The maximum Gasteiger partial charge on any atom is 0.292 e. The third-order valence-corrected chi connectivity index (χ3v) is 3.52. The van der Waals surface area contributed by atoms with E-state index in [1.54, 1.807) is 6.07 Å². The summed E-state index contributed by atoms with van der Waals surface area (Å²) in [7, 11) is 0. The average Bonchev–Trinajstić information content (AvgIpc) is 2.61. The Labute approximate surface area is 107 Å². The Morgan fingerprint density at radius 2 is 2.22 bits per heavy atom. The molecule has 0 unspecified atom stereocenters. The molecule has 1 aromatic rings. The quantitative estimate of drug-likeness (QED) is 0.507. The van der Waals surface area contributed by atoms with Crippen molar-refractivity contribution in [2.45, 2.75) is 26.8 Å². The topological polar surface area (TPSA) is 72.4 Å². The van der Waals surface area contributed by atoms with E-state index in [4.69, 9.17) is 5.73 Å². The van der Waals surface area contributed by atoms with Crippen molar-refractivity contribution >= 4 is 11.4 Å². The lowest BCUT2D eigenvalue weighted by molar-refractivity contribution is -0.384. The van der Waals surface area contributed by atoms with E-state index in [9.17, 15) is 10.1 Å². The first-order valence-corrected chi connectivity index (χ1v) is 6.13. The molecule has 1 saturated heterocycles. The Bertz CT molecular complexity index is 471. The lowest BCUT2D eigenvalue weighted by atomic mass is 9.93.